The average Bonchev–Trinajstić information content (AvgIpc) is 0.682. The van der Waals surface area contributed by atoms with E-state index < -0.39 is 179 Å². The maximum Gasteiger partial charge on any atom is 0.490 e. The molecule has 30 nitrogen and oxygen atoms in total. The maximum absolute atomic E-state index is 13.0. The Morgan fingerprint density at radius 1 is 0.262 bits per heavy atom. The van der Waals surface area contributed by atoms with Crippen LogP contribution in [0.3, 0.4) is 0 Å². The summed E-state index contributed by atoms with van der Waals surface area (Å²) in [5.74, 6) is -16.5. The average molecular weight is 2040 g/mol. The standard InChI is InChI=1S/C20H20F6O8.C18H18F6O6.C16H19F3O4.C15H24O4.C14H22O4.C13H20O4/c1-10(2)12(28)32-16-4-15(31-11(3)27)5-17(7-16,33-13(29)19(21,22)23)9-18(6-15,8-16)34-14(30)20(24,25)26;1-9(2)11(25)28-14-3-10-4-15(6-14,29-12(26)17(19,20)21)8-16(5-10,7-14)30-13(27)18(22,23)24;1-9(2)12(20)22-14-4-10-3-11(5-14)7-15(6-10,8-14)23-13(21)16(17,18)19;1-4-5-14(16)19-13-8-6-12(7-9-13)10-18-15(17)11(2)3;1-4-13(15)18-12-7-5-11(6-8-12)9-17-14(16)10(2)3;1-9(2)13(15)16-8-11-4-6-12(7-5-11)17-10(3)14/h1,4-9H2,2-3H3;10H,1,3-8H2,2H3;10-11H,1,3-8H2,2H3;12-13H,2,4-10H2,1,3H3;11-12H,2,4-9H2,1,3H3;11-12H,1,4-8H2,2-3H3. The van der Waals surface area contributed by atoms with Crippen molar-refractivity contribution in [3.8, 4) is 0 Å². The molecule has 0 aromatic heterocycles. The summed E-state index contributed by atoms with van der Waals surface area (Å²) < 4.78 is 269. The number of carbonyl (C=O) groups is 15. The summed E-state index contributed by atoms with van der Waals surface area (Å²) in [6.45, 7) is 37.5. The first-order valence-corrected chi connectivity index (χ1v) is 46.2. The highest BCUT2D eigenvalue weighted by atomic mass is 19.4. The van der Waals surface area contributed by atoms with Gasteiger partial charge in [-0.2, -0.15) is 65.9 Å². The van der Waals surface area contributed by atoms with Crippen LogP contribution in [0.15, 0.2) is 72.9 Å². The molecule has 0 aromatic rings. The van der Waals surface area contributed by atoms with E-state index in [1.54, 1.807) is 27.7 Å². The third-order valence-electron chi connectivity index (χ3n) is 26.2. The summed E-state index contributed by atoms with van der Waals surface area (Å²) in [5.41, 5.74) is -14.1. The number of halogens is 15. The lowest BCUT2D eigenvalue weighted by molar-refractivity contribution is -0.319. The molecule has 0 saturated heterocycles. The molecule has 792 valence electrons. The molecular weight excluding hydrogens is 1920 g/mol. The van der Waals surface area contributed by atoms with Crippen LogP contribution in [0.5, 0.6) is 0 Å². The van der Waals surface area contributed by atoms with E-state index in [1.165, 1.54) is 27.7 Å². The molecule has 141 heavy (non-hydrogen) atoms. The van der Waals surface area contributed by atoms with Gasteiger partial charge in [-0.1, -0.05) is 53.3 Å². The van der Waals surface area contributed by atoms with E-state index in [2.05, 4.69) is 39.5 Å². The zero-order chi connectivity index (χ0) is 106. The summed E-state index contributed by atoms with van der Waals surface area (Å²) >= 11 is 0. The third kappa shape index (κ3) is 33.8. The smallest absolute Gasteiger partial charge is 0.463 e. The highest BCUT2D eigenvalue weighted by molar-refractivity contribution is 5.90. The van der Waals surface area contributed by atoms with Crippen molar-refractivity contribution in [2.45, 2.75) is 381 Å². The van der Waals surface area contributed by atoms with Crippen LogP contribution < -0.4 is 0 Å². The van der Waals surface area contributed by atoms with Gasteiger partial charge in [0.2, 0.25) is 0 Å². The molecule has 6 unspecified atom stereocenters. The molecule has 15 fully saturated rings. The predicted octanol–water partition coefficient (Wildman–Crippen LogP) is 17.9. The van der Waals surface area contributed by atoms with E-state index in [0.717, 1.165) is 96.8 Å². The Bertz CT molecular complexity index is 4600. The number of hydrogen-bond donors (Lipinski definition) is 0. The second kappa shape index (κ2) is 46.4. The Labute approximate surface area is 804 Å². The molecule has 15 aliphatic rings. The van der Waals surface area contributed by atoms with Gasteiger partial charge >= 0.3 is 120 Å². The van der Waals surface area contributed by atoms with Crippen molar-refractivity contribution in [3.05, 3.63) is 72.9 Å². The number of esters is 15. The summed E-state index contributed by atoms with van der Waals surface area (Å²) in [4.78, 5) is 173. The van der Waals surface area contributed by atoms with Gasteiger partial charge < -0.3 is 71.1 Å². The third-order valence-corrected chi connectivity index (χ3v) is 26.2. The van der Waals surface area contributed by atoms with Crippen LogP contribution in [0, 0.1) is 35.5 Å². The molecule has 6 atom stereocenters. The second-order valence-corrected chi connectivity index (χ2v) is 40.0. The van der Waals surface area contributed by atoms with Gasteiger partial charge in [0, 0.05) is 124 Å². The van der Waals surface area contributed by atoms with Gasteiger partial charge in [-0.25, -0.2) is 52.7 Å². The first-order valence-electron chi connectivity index (χ1n) is 46.2. The largest absolute Gasteiger partial charge is 0.490 e. The molecular formula is C96H123F15O30. The Morgan fingerprint density at radius 2 is 0.482 bits per heavy atom. The summed E-state index contributed by atoms with van der Waals surface area (Å²) in [7, 11) is 0. The van der Waals surface area contributed by atoms with Gasteiger partial charge in [-0.15, -0.1) is 0 Å². The molecule has 15 saturated carbocycles. The van der Waals surface area contributed by atoms with E-state index in [9.17, 15) is 138 Å². The Balaban J connectivity index is 0.000000234. The first kappa shape index (κ1) is 117. The van der Waals surface area contributed by atoms with Crippen LogP contribution >= 0.6 is 0 Å². The number of alkyl halides is 15. The minimum Gasteiger partial charge on any atom is -0.463 e. The van der Waals surface area contributed by atoms with Gasteiger partial charge in [-0.05, 0) is 212 Å². The van der Waals surface area contributed by atoms with Crippen LogP contribution in [-0.2, 0) is 143 Å². The van der Waals surface area contributed by atoms with Crippen molar-refractivity contribution in [1.82, 2.24) is 0 Å². The first-order chi connectivity index (χ1) is 64.8. The van der Waals surface area contributed by atoms with E-state index in [-0.39, 0.29) is 128 Å². The number of rotatable bonds is 27. The Morgan fingerprint density at radius 3 is 0.752 bits per heavy atom. The predicted molar refractivity (Wildman–Crippen MR) is 457 cm³/mol. The molecule has 12 bridgehead atoms. The molecule has 0 aliphatic heterocycles. The van der Waals surface area contributed by atoms with Crippen molar-refractivity contribution < 1.29 is 209 Å². The van der Waals surface area contributed by atoms with E-state index in [1.807, 2.05) is 6.92 Å². The van der Waals surface area contributed by atoms with Crippen molar-refractivity contribution in [2.24, 2.45) is 35.5 Å². The van der Waals surface area contributed by atoms with Crippen LogP contribution in [-0.4, -0.2) is 209 Å². The van der Waals surface area contributed by atoms with Gasteiger partial charge in [-0.3, -0.25) is 19.2 Å². The number of carbonyl (C=O) groups excluding carboxylic acids is 15. The van der Waals surface area contributed by atoms with Crippen LogP contribution in [0.25, 0.3) is 0 Å². The molecule has 15 aliphatic carbocycles. The van der Waals surface area contributed by atoms with Crippen LogP contribution in [0.1, 0.15) is 281 Å². The topological polar surface area (TPSA) is 394 Å². The lowest BCUT2D eigenvalue weighted by Gasteiger charge is -2.66. The zero-order valence-corrected chi connectivity index (χ0v) is 80.3. The molecule has 0 aromatic carbocycles. The van der Waals surface area contributed by atoms with Gasteiger partial charge in [0.05, 0.1) is 19.8 Å². The van der Waals surface area contributed by atoms with Gasteiger partial charge in [0.25, 0.3) is 0 Å². The molecule has 0 radical (unpaired) electrons. The molecule has 0 heterocycles. The fourth-order valence-corrected chi connectivity index (χ4v) is 22.1. The Hall–Kier alpha value is -10.6. The van der Waals surface area contributed by atoms with Crippen LogP contribution in [0.4, 0.5) is 65.9 Å². The minimum absolute atomic E-state index is 0.0339. The summed E-state index contributed by atoms with van der Waals surface area (Å²) in [5, 5.41) is 0. The zero-order valence-electron chi connectivity index (χ0n) is 80.3. The Kier molecular flexibility index (Phi) is 38.7. The quantitative estimate of drug-likeness (QED) is 0.0319. The second-order valence-electron chi connectivity index (χ2n) is 40.0. The van der Waals surface area contributed by atoms with Crippen molar-refractivity contribution in [2.75, 3.05) is 19.8 Å². The van der Waals surface area contributed by atoms with E-state index in [0.29, 0.717) is 92.8 Å². The molecule has 15 rings (SSSR count). The lowest BCUT2D eigenvalue weighted by atomic mass is 9.48. The van der Waals surface area contributed by atoms with Crippen molar-refractivity contribution in [1.29, 1.82) is 0 Å². The van der Waals surface area contributed by atoms with Gasteiger partial charge in [0.15, 0.2) is 0 Å². The van der Waals surface area contributed by atoms with E-state index >= 15 is 0 Å². The molecule has 0 N–H and O–H groups in total. The van der Waals surface area contributed by atoms with Gasteiger partial charge in [0.1, 0.15) is 68.7 Å². The highest BCUT2D eigenvalue weighted by Crippen LogP contribution is 2.68. The van der Waals surface area contributed by atoms with Crippen molar-refractivity contribution in [3.63, 3.8) is 0 Å². The normalized spacial score (nSPS) is 30.8. The SMILES string of the molecule is C=C(C)C(=O)OC12CC3(OC(C)=O)CC(OC(=O)C(F)(F)F)(C1)CC(OC(=O)C(F)(F)F)(C3)C2.C=C(C)C(=O)OC12CC3CC(C1)CC(OC(=O)C(F)(F)F)(C3)C2.C=C(C)C(=O)OC12CC3CC(OC(=O)C(F)(F)F)(C1)CC(OC(=O)C(F)(F)F)(C3)C2.C=C(C)C(=O)OCC1CCC(OC(=O)CC)CC1.C=C(C)C(=O)OCC1CCC(OC(=O)CCC)CC1.C=C(C)C(=O)OCC1CCC(OC(C)=O)CC1. The molecule has 0 amide bonds. The molecule has 0 spiro atoms. The van der Waals surface area contributed by atoms with Crippen molar-refractivity contribution >= 4 is 89.5 Å². The highest BCUT2D eigenvalue weighted by Gasteiger charge is 2.76. The lowest BCUT2D eigenvalue weighted by Crippen LogP contribution is -2.75. The number of hydrogen-bond acceptors (Lipinski definition) is 30. The maximum atomic E-state index is 13.0. The fraction of sp³-hybridized carbons (Fsp3) is 0.719. The fourth-order valence-electron chi connectivity index (χ4n) is 22.1. The minimum atomic E-state index is -5.46. The summed E-state index contributed by atoms with van der Waals surface area (Å²) in [6, 6.07) is 0. The monoisotopic (exact) mass is 2040 g/mol. The molecule has 45 heteroatoms. The van der Waals surface area contributed by atoms with Crippen LogP contribution in [0.2, 0.25) is 0 Å². The number of ether oxygens (including phenoxy) is 15. The van der Waals surface area contributed by atoms with E-state index in [4.69, 9.17) is 71.1 Å². The summed E-state index contributed by atoms with van der Waals surface area (Å²) in [6.07, 6.45) is -15.3.